The second-order valence-electron chi connectivity index (χ2n) is 8.30. The van der Waals surface area contributed by atoms with E-state index in [0.717, 1.165) is 32.1 Å². The summed E-state index contributed by atoms with van der Waals surface area (Å²) >= 11 is 0. The van der Waals surface area contributed by atoms with Gasteiger partial charge in [-0.25, -0.2) is 8.42 Å². The molecule has 1 fully saturated rings. The first-order valence-electron chi connectivity index (χ1n) is 11.2. The first-order chi connectivity index (χ1) is 15.5. The number of piperidine rings is 1. The van der Waals surface area contributed by atoms with Crippen LogP contribution in [0.5, 0.6) is 11.5 Å². The fourth-order valence-corrected chi connectivity index (χ4v) is 6.04. The Kier molecular flexibility index (Phi) is 7.01. The van der Waals surface area contributed by atoms with E-state index < -0.39 is 10.0 Å². The van der Waals surface area contributed by atoms with Crippen molar-refractivity contribution in [3.8, 4) is 11.5 Å². The molecule has 7 nitrogen and oxygen atoms in total. The number of fused-ring (bicyclic) bond motifs is 1. The van der Waals surface area contributed by atoms with E-state index in [0.29, 0.717) is 24.5 Å². The molecule has 0 spiro atoms. The number of carbonyl (C=O) groups is 1. The Balaban J connectivity index is 1.43. The fraction of sp³-hybridized carbons (Fsp3) is 0.458. The van der Waals surface area contributed by atoms with Gasteiger partial charge in [-0.2, -0.15) is 4.31 Å². The molecule has 1 amide bonds. The van der Waals surface area contributed by atoms with E-state index in [-0.39, 0.29) is 23.2 Å². The van der Waals surface area contributed by atoms with Crippen molar-refractivity contribution >= 4 is 21.6 Å². The van der Waals surface area contributed by atoms with Crippen molar-refractivity contribution in [1.82, 2.24) is 4.31 Å². The van der Waals surface area contributed by atoms with E-state index in [1.807, 2.05) is 12.1 Å². The molecule has 1 N–H and O–H groups in total. The summed E-state index contributed by atoms with van der Waals surface area (Å²) in [7, 11) is -2.26. The first-order valence-corrected chi connectivity index (χ1v) is 12.6. The van der Waals surface area contributed by atoms with Crippen LogP contribution in [0.4, 0.5) is 5.69 Å². The van der Waals surface area contributed by atoms with Gasteiger partial charge in [0.25, 0.3) is 5.91 Å². The number of amides is 1. The van der Waals surface area contributed by atoms with Crippen LogP contribution in [0.15, 0.2) is 41.3 Å². The maximum Gasteiger partial charge on any atom is 0.262 e. The molecule has 2 aliphatic rings. The maximum atomic E-state index is 13.1. The summed E-state index contributed by atoms with van der Waals surface area (Å²) in [5.74, 6) is 0.581. The van der Waals surface area contributed by atoms with Crippen molar-refractivity contribution in [3.05, 3.63) is 47.5 Å². The number of nitrogens with one attached hydrogen (secondary N) is 1. The lowest BCUT2D eigenvalue weighted by molar-refractivity contribution is -0.118. The van der Waals surface area contributed by atoms with Crippen LogP contribution >= 0.6 is 0 Å². The highest BCUT2D eigenvalue weighted by atomic mass is 32.2. The van der Waals surface area contributed by atoms with Crippen molar-refractivity contribution in [1.29, 1.82) is 0 Å². The number of methoxy groups -OCH3 is 1. The lowest BCUT2D eigenvalue weighted by Crippen LogP contribution is -2.35. The summed E-state index contributed by atoms with van der Waals surface area (Å²) in [6.45, 7) is 0.840. The Hall–Kier alpha value is -2.58. The molecular formula is C24H30N2O5S. The van der Waals surface area contributed by atoms with Crippen LogP contribution < -0.4 is 14.8 Å². The van der Waals surface area contributed by atoms with Crippen molar-refractivity contribution in [2.45, 2.75) is 49.8 Å². The molecule has 1 saturated heterocycles. The van der Waals surface area contributed by atoms with E-state index in [2.05, 4.69) is 11.4 Å². The normalized spacial score (nSPS) is 16.8. The molecule has 0 unspecified atom stereocenters. The molecule has 0 radical (unpaired) electrons. The summed E-state index contributed by atoms with van der Waals surface area (Å²) in [5.41, 5.74) is 3.03. The number of rotatable bonds is 7. The molecule has 32 heavy (non-hydrogen) atoms. The van der Waals surface area contributed by atoms with Gasteiger partial charge in [-0.1, -0.05) is 12.5 Å². The van der Waals surface area contributed by atoms with Gasteiger partial charge < -0.3 is 14.8 Å². The molecular weight excluding hydrogens is 428 g/mol. The predicted molar refractivity (Wildman–Crippen MR) is 123 cm³/mol. The lowest BCUT2D eigenvalue weighted by atomic mass is 9.92. The smallest absolute Gasteiger partial charge is 0.262 e. The minimum atomic E-state index is -3.70. The summed E-state index contributed by atoms with van der Waals surface area (Å²) in [6.07, 6.45) is 7.25. The Morgan fingerprint density at radius 2 is 1.72 bits per heavy atom. The van der Waals surface area contributed by atoms with Gasteiger partial charge in [0.05, 0.1) is 7.11 Å². The molecule has 8 heteroatoms. The summed E-state index contributed by atoms with van der Waals surface area (Å²) < 4.78 is 38.7. The summed E-state index contributed by atoms with van der Waals surface area (Å²) in [6, 6.07) is 10.6. The van der Waals surface area contributed by atoms with Crippen LogP contribution in [0.25, 0.3) is 0 Å². The van der Waals surface area contributed by atoms with Gasteiger partial charge in [0.1, 0.15) is 16.4 Å². The van der Waals surface area contributed by atoms with E-state index >= 15 is 0 Å². The van der Waals surface area contributed by atoms with Crippen LogP contribution in [0, 0.1) is 0 Å². The number of hydrogen-bond donors (Lipinski definition) is 1. The van der Waals surface area contributed by atoms with Crippen molar-refractivity contribution in [2.24, 2.45) is 0 Å². The number of benzene rings is 2. The van der Waals surface area contributed by atoms with Crippen molar-refractivity contribution in [3.63, 3.8) is 0 Å². The van der Waals surface area contributed by atoms with E-state index in [4.69, 9.17) is 9.47 Å². The zero-order chi connectivity index (χ0) is 22.6. The largest absolute Gasteiger partial charge is 0.495 e. The molecule has 0 aromatic heterocycles. The third kappa shape index (κ3) is 5.07. The summed E-state index contributed by atoms with van der Waals surface area (Å²) in [4.78, 5) is 12.5. The molecule has 1 aliphatic carbocycles. The Morgan fingerprint density at radius 1 is 0.969 bits per heavy atom. The monoisotopic (exact) mass is 458 g/mol. The molecule has 0 bridgehead atoms. The van der Waals surface area contributed by atoms with Gasteiger partial charge in [0.15, 0.2) is 6.61 Å². The lowest BCUT2D eigenvalue weighted by Gasteiger charge is -2.26. The average molecular weight is 459 g/mol. The van der Waals surface area contributed by atoms with Crippen LogP contribution in [0.3, 0.4) is 0 Å². The van der Waals surface area contributed by atoms with Gasteiger partial charge in [-0.3, -0.25) is 4.79 Å². The third-order valence-corrected chi connectivity index (χ3v) is 7.99. The van der Waals surface area contributed by atoms with E-state index in [9.17, 15) is 13.2 Å². The van der Waals surface area contributed by atoms with Crippen LogP contribution in [-0.4, -0.2) is 45.4 Å². The number of anilines is 1. The standard InChI is InChI=1S/C24H30N2O5S/c1-30-22-12-10-20(16-23(22)32(28,29)26-13-5-2-6-14-26)25-24(27)17-31-21-11-9-18-7-3-4-8-19(18)15-21/h9-12,15-16H,2-8,13-14,17H2,1H3,(H,25,27). The molecule has 1 aliphatic heterocycles. The van der Waals surface area contributed by atoms with Gasteiger partial charge in [-0.05, 0) is 80.0 Å². The molecule has 0 saturated carbocycles. The number of carbonyl (C=O) groups excluding carboxylic acids is 1. The van der Waals surface area contributed by atoms with Gasteiger partial charge in [0, 0.05) is 18.8 Å². The highest BCUT2D eigenvalue weighted by molar-refractivity contribution is 7.89. The third-order valence-electron chi connectivity index (χ3n) is 6.07. The number of ether oxygens (including phenoxy) is 2. The first kappa shape index (κ1) is 22.6. The number of sulfonamides is 1. The SMILES string of the molecule is COc1ccc(NC(=O)COc2ccc3c(c2)CCCC3)cc1S(=O)(=O)N1CCCCC1. The Labute approximate surface area is 189 Å². The Bertz CT molecular complexity index is 1080. The second kappa shape index (κ2) is 9.92. The summed E-state index contributed by atoms with van der Waals surface area (Å²) in [5, 5.41) is 2.74. The molecule has 0 atom stereocenters. The zero-order valence-corrected chi connectivity index (χ0v) is 19.2. The van der Waals surface area contributed by atoms with Crippen LogP contribution in [0.1, 0.15) is 43.2 Å². The van der Waals surface area contributed by atoms with Crippen LogP contribution in [-0.2, 0) is 27.7 Å². The highest BCUT2D eigenvalue weighted by Crippen LogP contribution is 2.31. The highest BCUT2D eigenvalue weighted by Gasteiger charge is 2.29. The maximum absolute atomic E-state index is 13.1. The molecule has 172 valence electrons. The van der Waals surface area contributed by atoms with Crippen LogP contribution in [0.2, 0.25) is 0 Å². The van der Waals surface area contributed by atoms with E-state index in [1.165, 1.54) is 41.4 Å². The van der Waals surface area contributed by atoms with Gasteiger partial charge in [-0.15, -0.1) is 0 Å². The van der Waals surface area contributed by atoms with Gasteiger partial charge in [0.2, 0.25) is 10.0 Å². The Morgan fingerprint density at radius 3 is 2.47 bits per heavy atom. The molecule has 2 aromatic rings. The average Bonchev–Trinajstić information content (AvgIpc) is 2.83. The second-order valence-corrected chi connectivity index (χ2v) is 10.2. The molecule has 2 aromatic carbocycles. The number of hydrogen-bond acceptors (Lipinski definition) is 5. The molecule has 1 heterocycles. The molecule has 4 rings (SSSR count). The zero-order valence-electron chi connectivity index (χ0n) is 18.4. The number of aryl methyl sites for hydroxylation is 2. The predicted octanol–water partition coefficient (Wildman–Crippen LogP) is 3.77. The minimum absolute atomic E-state index is 0.0651. The quantitative estimate of drug-likeness (QED) is 0.683. The topological polar surface area (TPSA) is 84.9 Å². The minimum Gasteiger partial charge on any atom is -0.495 e. The van der Waals surface area contributed by atoms with Gasteiger partial charge >= 0.3 is 0 Å². The van der Waals surface area contributed by atoms with Crippen molar-refractivity contribution < 1.29 is 22.7 Å². The number of nitrogens with zero attached hydrogens (tertiary/aromatic N) is 1. The van der Waals surface area contributed by atoms with Crippen molar-refractivity contribution in [2.75, 3.05) is 32.1 Å². The fourth-order valence-electron chi connectivity index (χ4n) is 4.35. The van der Waals surface area contributed by atoms with E-state index in [1.54, 1.807) is 12.1 Å².